The maximum absolute atomic E-state index is 13.0. The topological polar surface area (TPSA) is 42.9 Å². The molecule has 0 unspecified atom stereocenters. The third-order valence-corrected chi connectivity index (χ3v) is 3.38. The van der Waals surface area contributed by atoms with Gasteiger partial charge in [-0.15, -0.1) is 0 Å². The minimum absolute atomic E-state index is 0.0826. The summed E-state index contributed by atoms with van der Waals surface area (Å²) in [6, 6.07) is 11.1. The number of carbonyl (C=O) groups excluding carboxylic acids is 1. The summed E-state index contributed by atoms with van der Waals surface area (Å²) < 4.78 is 13.0. The second kappa shape index (κ2) is 6.03. The van der Waals surface area contributed by atoms with Gasteiger partial charge in [-0.2, -0.15) is 0 Å². The van der Waals surface area contributed by atoms with E-state index >= 15 is 0 Å². The number of aromatic nitrogens is 2. The van der Waals surface area contributed by atoms with E-state index in [1.165, 1.54) is 18.2 Å². The van der Waals surface area contributed by atoms with Crippen molar-refractivity contribution in [2.24, 2.45) is 0 Å². The summed E-state index contributed by atoms with van der Waals surface area (Å²) in [7, 11) is 0. The van der Waals surface area contributed by atoms with E-state index in [1.54, 1.807) is 12.3 Å². The monoisotopic (exact) mass is 312 g/mol. The van der Waals surface area contributed by atoms with E-state index in [2.05, 4.69) is 9.97 Å². The number of carbonyl (C=O) groups is 1. The summed E-state index contributed by atoms with van der Waals surface area (Å²) >= 11 is 5.86. The molecule has 0 saturated heterocycles. The van der Waals surface area contributed by atoms with E-state index in [-0.39, 0.29) is 16.4 Å². The fraction of sp³-hybridized carbons (Fsp3) is 0. The Morgan fingerprint density at radius 3 is 2.68 bits per heavy atom. The van der Waals surface area contributed by atoms with Gasteiger partial charge in [0.05, 0.1) is 27.9 Å². The van der Waals surface area contributed by atoms with Gasteiger partial charge in [-0.25, -0.2) is 9.37 Å². The van der Waals surface area contributed by atoms with Crippen LogP contribution in [0.25, 0.3) is 17.1 Å². The maximum atomic E-state index is 13.0. The Hall–Kier alpha value is -2.59. The molecule has 3 nitrogen and oxygen atoms in total. The van der Waals surface area contributed by atoms with Crippen LogP contribution in [0.2, 0.25) is 5.02 Å². The number of nitrogens with zero attached hydrogens (tertiary/aromatic N) is 2. The van der Waals surface area contributed by atoms with Crippen molar-refractivity contribution in [3.8, 4) is 0 Å². The van der Waals surface area contributed by atoms with Crippen LogP contribution in [0.4, 0.5) is 4.39 Å². The molecular formula is C17H10ClFN2O. The van der Waals surface area contributed by atoms with Crippen molar-refractivity contribution in [2.45, 2.75) is 0 Å². The molecule has 0 atom stereocenters. The van der Waals surface area contributed by atoms with E-state index in [4.69, 9.17) is 11.6 Å². The van der Waals surface area contributed by atoms with Gasteiger partial charge < -0.3 is 0 Å². The van der Waals surface area contributed by atoms with Crippen molar-refractivity contribution in [3.05, 3.63) is 76.8 Å². The molecule has 0 spiro atoms. The normalized spacial score (nSPS) is 11.2. The van der Waals surface area contributed by atoms with Crippen molar-refractivity contribution < 1.29 is 9.18 Å². The van der Waals surface area contributed by atoms with Crippen LogP contribution in [0, 0.1) is 5.82 Å². The largest absolute Gasteiger partial charge is 0.289 e. The highest BCUT2D eigenvalue weighted by Gasteiger charge is 2.08. The molecule has 108 valence electrons. The van der Waals surface area contributed by atoms with Crippen LogP contribution in [0.15, 0.2) is 54.7 Å². The van der Waals surface area contributed by atoms with Crippen LogP contribution in [-0.4, -0.2) is 15.8 Å². The first-order chi connectivity index (χ1) is 10.6. The molecular weight excluding hydrogens is 303 g/mol. The molecule has 0 amide bonds. The highest BCUT2D eigenvalue weighted by Crippen LogP contribution is 2.18. The van der Waals surface area contributed by atoms with Crippen molar-refractivity contribution in [1.29, 1.82) is 0 Å². The van der Waals surface area contributed by atoms with E-state index in [0.717, 1.165) is 17.1 Å². The SMILES string of the molecule is O=C(/C=C/c1cnc2ccccc2n1)c1ccc(F)cc1Cl. The fourth-order valence-corrected chi connectivity index (χ4v) is 2.25. The van der Waals surface area contributed by atoms with Crippen molar-refractivity contribution in [3.63, 3.8) is 0 Å². The van der Waals surface area contributed by atoms with Gasteiger partial charge in [0.1, 0.15) is 5.82 Å². The molecule has 0 aliphatic rings. The number of halogens is 2. The molecule has 3 rings (SSSR count). The number of fused-ring (bicyclic) bond motifs is 1. The number of ketones is 1. The molecule has 0 radical (unpaired) electrons. The second-order valence-corrected chi connectivity index (χ2v) is 5.01. The van der Waals surface area contributed by atoms with Gasteiger partial charge in [-0.1, -0.05) is 23.7 Å². The van der Waals surface area contributed by atoms with Crippen molar-refractivity contribution >= 4 is 34.5 Å². The third kappa shape index (κ3) is 3.02. The van der Waals surface area contributed by atoms with Crippen LogP contribution in [0.5, 0.6) is 0 Å². The van der Waals surface area contributed by atoms with Crippen molar-refractivity contribution in [1.82, 2.24) is 9.97 Å². The Bertz CT molecular complexity index is 893. The summed E-state index contributed by atoms with van der Waals surface area (Å²) in [5.74, 6) is -0.800. The zero-order valence-corrected chi connectivity index (χ0v) is 12.1. The lowest BCUT2D eigenvalue weighted by Crippen LogP contribution is -1.96. The molecule has 1 aromatic heterocycles. The predicted molar refractivity (Wildman–Crippen MR) is 84.3 cm³/mol. The molecule has 1 heterocycles. The first kappa shape index (κ1) is 14.4. The Balaban J connectivity index is 1.87. The van der Waals surface area contributed by atoms with Gasteiger partial charge in [0.2, 0.25) is 0 Å². The van der Waals surface area contributed by atoms with Crippen LogP contribution >= 0.6 is 11.6 Å². The van der Waals surface area contributed by atoms with Gasteiger partial charge in [-0.05, 0) is 42.5 Å². The van der Waals surface area contributed by atoms with E-state index in [0.29, 0.717) is 5.69 Å². The summed E-state index contributed by atoms with van der Waals surface area (Å²) in [5.41, 5.74) is 2.34. The Kier molecular flexibility index (Phi) is 3.94. The molecule has 0 aliphatic heterocycles. The number of hydrogen-bond donors (Lipinski definition) is 0. The van der Waals surface area contributed by atoms with Crippen molar-refractivity contribution in [2.75, 3.05) is 0 Å². The van der Waals surface area contributed by atoms with E-state index in [1.807, 2.05) is 24.3 Å². The smallest absolute Gasteiger partial charge is 0.187 e. The molecule has 5 heteroatoms. The minimum atomic E-state index is -0.481. The molecule has 0 saturated carbocycles. The van der Waals surface area contributed by atoms with Crippen LogP contribution in [0.3, 0.4) is 0 Å². The Morgan fingerprint density at radius 1 is 1.14 bits per heavy atom. The van der Waals surface area contributed by atoms with Gasteiger partial charge in [0, 0.05) is 5.56 Å². The summed E-state index contributed by atoms with van der Waals surface area (Å²) in [4.78, 5) is 20.7. The first-order valence-electron chi connectivity index (χ1n) is 6.53. The molecule has 0 bridgehead atoms. The number of benzene rings is 2. The zero-order chi connectivity index (χ0) is 15.5. The van der Waals surface area contributed by atoms with Gasteiger partial charge >= 0.3 is 0 Å². The lowest BCUT2D eigenvalue weighted by molar-refractivity contribution is 0.104. The summed E-state index contributed by atoms with van der Waals surface area (Å²) in [6.07, 6.45) is 4.48. The van der Waals surface area contributed by atoms with Crippen LogP contribution < -0.4 is 0 Å². The number of rotatable bonds is 3. The Labute approximate surface area is 131 Å². The molecule has 0 fully saturated rings. The predicted octanol–water partition coefficient (Wildman–Crippen LogP) is 4.32. The van der Waals surface area contributed by atoms with Gasteiger partial charge in [-0.3, -0.25) is 9.78 Å². The van der Waals surface area contributed by atoms with E-state index < -0.39 is 5.82 Å². The van der Waals surface area contributed by atoms with Crippen LogP contribution in [-0.2, 0) is 0 Å². The van der Waals surface area contributed by atoms with Gasteiger partial charge in [0.15, 0.2) is 5.78 Å². The highest BCUT2D eigenvalue weighted by atomic mass is 35.5. The number of hydrogen-bond acceptors (Lipinski definition) is 3. The number of para-hydroxylation sites is 2. The lowest BCUT2D eigenvalue weighted by Gasteiger charge is -2.00. The first-order valence-corrected chi connectivity index (χ1v) is 6.90. The number of allylic oxidation sites excluding steroid dienone is 1. The average Bonchev–Trinajstić information content (AvgIpc) is 2.52. The highest BCUT2D eigenvalue weighted by molar-refractivity contribution is 6.34. The molecule has 3 aromatic rings. The standard InChI is InChI=1S/C17H10ClFN2O/c18-14-9-11(19)5-7-13(14)17(22)8-6-12-10-20-15-3-1-2-4-16(15)21-12/h1-10H/b8-6+. The summed E-state index contributed by atoms with van der Waals surface area (Å²) in [6.45, 7) is 0. The second-order valence-electron chi connectivity index (χ2n) is 4.61. The molecule has 0 aliphatic carbocycles. The molecule has 22 heavy (non-hydrogen) atoms. The Morgan fingerprint density at radius 2 is 1.91 bits per heavy atom. The third-order valence-electron chi connectivity index (χ3n) is 3.07. The van der Waals surface area contributed by atoms with Crippen LogP contribution in [0.1, 0.15) is 16.1 Å². The zero-order valence-electron chi connectivity index (χ0n) is 11.3. The lowest BCUT2D eigenvalue weighted by atomic mass is 10.1. The molecule has 2 aromatic carbocycles. The van der Waals surface area contributed by atoms with E-state index in [9.17, 15) is 9.18 Å². The average molecular weight is 313 g/mol. The molecule has 0 N–H and O–H groups in total. The minimum Gasteiger partial charge on any atom is -0.289 e. The maximum Gasteiger partial charge on any atom is 0.187 e. The summed E-state index contributed by atoms with van der Waals surface area (Å²) in [5, 5.41) is 0.0826. The quantitative estimate of drug-likeness (QED) is 0.534. The fourth-order valence-electron chi connectivity index (χ4n) is 1.99. The van der Waals surface area contributed by atoms with Gasteiger partial charge in [0.25, 0.3) is 0 Å².